The molecule has 0 heterocycles. The lowest BCUT2D eigenvalue weighted by Gasteiger charge is -2.22. The first kappa shape index (κ1) is 21.2. The van der Waals surface area contributed by atoms with E-state index in [-0.39, 0.29) is 23.7 Å². The van der Waals surface area contributed by atoms with Crippen LogP contribution in [0.2, 0.25) is 0 Å². The third kappa shape index (κ3) is 12.0. The van der Waals surface area contributed by atoms with Crippen LogP contribution >= 0.6 is 0 Å². The molecule has 2 unspecified atom stereocenters. The van der Waals surface area contributed by atoms with Crippen molar-refractivity contribution < 1.29 is 18.8 Å². The fraction of sp³-hybridized carbons (Fsp3) is 0.867. The lowest BCUT2D eigenvalue weighted by molar-refractivity contribution is -0.870. The molecule has 0 saturated carbocycles. The van der Waals surface area contributed by atoms with Crippen LogP contribution < -0.4 is 5.73 Å². The van der Waals surface area contributed by atoms with E-state index in [1.807, 2.05) is 6.92 Å². The maximum Gasteiger partial charge on any atom is 0.308 e. The fourth-order valence-electron chi connectivity index (χ4n) is 1.88. The van der Waals surface area contributed by atoms with Crippen LogP contribution in [0.5, 0.6) is 0 Å². The average Bonchev–Trinajstić information content (AvgIpc) is 2.33. The minimum Gasteiger partial charge on any atom is -0.469 e. The van der Waals surface area contributed by atoms with Gasteiger partial charge < -0.3 is 15.0 Å². The molecule has 0 aromatic heterocycles. The largest absolute Gasteiger partial charge is 0.469 e. The van der Waals surface area contributed by atoms with Crippen molar-refractivity contribution >= 4 is 11.9 Å². The predicted molar refractivity (Wildman–Crippen MR) is 82.0 cm³/mol. The number of nitrogens with zero attached hydrogens (tertiary/aromatic N) is 1. The normalized spacial score (nSPS) is 13.8. The lowest BCUT2D eigenvalue weighted by Crippen LogP contribution is -2.34. The number of rotatable bonds is 7. The van der Waals surface area contributed by atoms with Gasteiger partial charge in [0, 0.05) is 5.92 Å². The van der Waals surface area contributed by atoms with Crippen molar-refractivity contribution in [2.45, 2.75) is 40.0 Å². The Kier molecular flexibility index (Phi) is 11.3. The van der Waals surface area contributed by atoms with Crippen LogP contribution in [0.15, 0.2) is 0 Å². The van der Waals surface area contributed by atoms with Crippen molar-refractivity contribution in [2.24, 2.45) is 17.6 Å². The third-order valence-electron chi connectivity index (χ3n) is 3.03. The molecule has 0 rings (SSSR count). The first-order chi connectivity index (χ1) is 9.08. The SMILES string of the molecule is CCC(CC(C)C(=O)OC)C(N)=O.CCC[N+](C)(C)C. The van der Waals surface area contributed by atoms with Gasteiger partial charge in [0.15, 0.2) is 0 Å². The second-order valence-corrected chi connectivity index (χ2v) is 6.18. The molecule has 2 atom stereocenters. The Morgan fingerprint density at radius 1 is 1.20 bits per heavy atom. The van der Waals surface area contributed by atoms with E-state index < -0.39 is 0 Å². The molecule has 0 bridgehead atoms. The van der Waals surface area contributed by atoms with Crippen LogP contribution in [0.3, 0.4) is 0 Å². The molecular weight excluding hydrogens is 256 g/mol. The minimum atomic E-state index is -0.349. The maximum absolute atomic E-state index is 11.0. The van der Waals surface area contributed by atoms with E-state index in [4.69, 9.17) is 5.73 Å². The summed E-state index contributed by atoms with van der Waals surface area (Å²) in [6, 6.07) is 0. The molecule has 0 aliphatic carbocycles. The summed E-state index contributed by atoms with van der Waals surface area (Å²) >= 11 is 0. The van der Waals surface area contributed by atoms with Crippen molar-refractivity contribution in [3.63, 3.8) is 0 Å². The third-order valence-corrected chi connectivity index (χ3v) is 3.03. The number of hydrogen-bond donors (Lipinski definition) is 1. The van der Waals surface area contributed by atoms with Crippen molar-refractivity contribution in [3.05, 3.63) is 0 Å². The van der Waals surface area contributed by atoms with E-state index in [1.165, 1.54) is 20.1 Å². The molecule has 120 valence electrons. The number of amides is 1. The van der Waals surface area contributed by atoms with Crippen molar-refractivity contribution in [1.82, 2.24) is 0 Å². The van der Waals surface area contributed by atoms with Crippen molar-refractivity contribution in [3.8, 4) is 0 Å². The van der Waals surface area contributed by atoms with Crippen LogP contribution in [0, 0.1) is 11.8 Å². The highest BCUT2D eigenvalue weighted by Gasteiger charge is 2.21. The second kappa shape index (κ2) is 10.7. The number of quaternary nitrogens is 1. The Morgan fingerprint density at radius 3 is 1.90 bits per heavy atom. The molecule has 0 fully saturated rings. The van der Waals surface area contributed by atoms with Gasteiger partial charge in [0.2, 0.25) is 5.91 Å². The average molecular weight is 289 g/mol. The summed E-state index contributed by atoms with van der Waals surface area (Å²) in [5.41, 5.74) is 5.15. The summed E-state index contributed by atoms with van der Waals surface area (Å²) in [5, 5.41) is 0. The quantitative estimate of drug-likeness (QED) is 0.574. The smallest absolute Gasteiger partial charge is 0.308 e. The highest BCUT2D eigenvalue weighted by molar-refractivity contribution is 5.78. The van der Waals surface area contributed by atoms with Crippen LogP contribution in [0.4, 0.5) is 0 Å². The van der Waals surface area contributed by atoms with Gasteiger partial charge in [-0.25, -0.2) is 0 Å². The minimum absolute atomic E-state index is 0.228. The summed E-state index contributed by atoms with van der Waals surface area (Å²) in [4.78, 5) is 21.9. The molecule has 2 N–H and O–H groups in total. The van der Waals surface area contributed by atoms with Gasteiger partial charge in [0.1, 0.15) is 0 Å². The van der Waals surface area contributed by atoms with E-state index in [9.17, 15) is 9.59 Å². The highest BCUT2D eigenvalue weighted by atomic mass is 16.5. The molecule has 0 aromatic rings. The van der Waals surface area contributed by atoms with Crippen LogP contribution in [-0.2, 0) is 14.3 Å². The number of hydrogen-bond acceptors (Lipinski definition) is 3. The molecule has 0 radical (unpaired) electrons. The molecule has 0 aliphatic heterocycles. The zero-order chi connectivity index (χ0) is 16.3. The molecule has 1 amide bonds. The maximum atomic E-state index is 11.0. The Balaban J connectivity index is 0. The molecule has 5 heteroatoms. The Bertz CT molecular complexity index is 285. The van der Waals surface area contributed by atoms with Gasteiger partial charge >= 0.3 is 5.97 Å². The van der Waals surface area contributed by atoms with E-state index in [1.54, 1.807) is 6.92 Å². The van der Waals surface area contributed by atoms with Crippen LogP contribution in [0.25, 0.3) is 0 Å². The lowest BCUT2D eigenvalue weighted by atomic mass is 9.93. The Morgan fingerprint density at radius 2 is 1.70 bits per heavy atom. The number of carbonyl (C=O) groups is 2. The standard InChI is InChI=1S/C9H17NO3.C6H16N/c1-4-7(8(10)11)5-6(2)9(12)13-3;1-5-6-7(2,3)4/h6-7H,4-5H2,1-3H3,(H2,10,11);5-6H2,1-4H3/q;+1. The zero-order valence-electron chi connectivity index (χ0n) is 14.2. The topological polar surface area (TPSA) is 69.4 Å². The van der Waals surface area contributed by atoms with Crippen molar-refractivity contribution in [1.29, 1.82) is 0 Å². The van der Waals surface area contributed by atoms with Crippen LogP contribution in [0.1, 0.15) is 40.0 Å². The predicted octanol–water partition coefficient (Wildman–Crippen LogP) is 1.80. The number of methoxy groups -OCH3 is 1. The molecule has 0 aromatic carbocycles. The highest BCUT2D eigenvalue weighted by Crippen LogP contribution is 2.15. The summed E-state index contributed by atoms with van der Waals surface area (Å²) in [6.07, 6.45) is 2.42. The molecule has 0 aliphatic rings. The van der Waals surface area contributed by atoms with Crippen LogP contribution in [-0.4, -0.2) is 51.2 Å². The van der Waals surface area contributed by atoms with E-state index in [0.29, 0.717) is 12.8 Å². The molecule has 5 nitrogen and oxygen atoms in total. The van der Waals surface area contributed by atoms with Gasteiger partial charge in [-0.1, -0.05) is 20.8 Å². The summed E-state index contributed by atoms with van der Waals surface area (Å²) in [6.45, 7) is 7.10. The second-order valence-electron chi connectivity index (χ2n) is 6.18. The summed E-state index contributed by atoms with van der Waals surface area (Å²) in [5.74, 6) is -1.13. The number of esters is 1. The van der Waals surface area contributed by atoms with Gasteiger partial charge in [-0.3, -0.25) is 9.59 Å². The molecule has 0 saturated heterocycles. The molecule has 20 heavy (non-hydrogen) atoms. The van der Waals surface area contributed by atoms with Gasteiger partial charge in [0.25, 0.3) is 0 Å². The summed E-state index contributed by atoms with van der Waals surface area (Å²) in [7, 11) is 7.97. The van der Waals surface area contributed by atoms with Gasteiger partial charge in [-0.05, 0) is 19.3 Å². The first-order valence-corrected chi connectivity index (χ1v) is 7.26. The van der Waals surface area contributed by atoms with Crippen molar-refractivity contribution in [2.75, 3.05) is 34.8 Å². The van der Waals surface area contributed by atoms with Gasteiger partial charge in [0.05, 0.1) is 40.7 Å². The zero-order valence-corrected chi connectivity index (χ0v) is 14.2. The van der Waals surface area contributed by atoms with Gasteiger partial charge in [-0.2, -0.15) is 0 Å². The number of nitrogens with two attached hydrogens (primary N) is 1. The first-order valence-electron chi connectivity index (χ1n) is 7.26. The number of ether oxygens (including phenoxy) is 1. The fourth-order valence-corrected chi connectivity index (χ4v) is 1.88. The molecular formula is C15H33N2O3+. The van der Waals surface area contributed by atoms with Gasteiger partial charge in [-0.15, -0.1) is 0 Å². The monoisotopic (exact) mass is 289 g/mol. The van der Waals surface area contributed by atoms with E-state index in [0.717, 1.165) is 4.48 Å². The summed E-state index contributed by atoms with van der Waals surface area (Å²) < 4.78 is 5.64. The number of primary amides is 1. The Labute approximate surface area is 124 Å². The van der Waals surface area contributed by atoms with E-state index in [2.05, 4.69) is 32.8 Å². The Hall–Kier alpha value is -1.10. The number of carbonyl (C=O) groups excluding carboxylic acids is 2. The molecule has 0 spiro atoms. The van der Waals surface area contributed by atoms with E-state index >= 15 is 0 Å².